The molecule has 7 nitrogen and oxygen atoms in total. The molecular weight excluding hydrogens is 488 g/mol. The number of hydrogen-bond acceptors (Lipinski definition) is 3. The molecule has 0 radical (unpaired) electrons. The van der Waals surface area contributed by atoms with Crippen molar-refractivity contribution in [3.8, 4) is 0 Å². The van der Waals surface area contributed by atoms with E-state index >= 15 is 0 Å². The first-order valence-electron chi connectivity index (χ1n) is 12.3. The number of carbonyl (C=O) groups is 2. The average molecular weight is 513 g/mol. The van der Waals surface area contributed by atoms with Gasteiger partial charge in [0, 0.05) is 47.5 Å². The fourth-order valence-electron chi connectivity index (χ4n) is 5.53. The molecule has 186 valence electrons. The molecule has 4 aromatic rings. The third kappa shape index (κ3) is 4.58. The summed E-state index contributed by atoms with van der Waals surface area (Å²) in [6, 6.07) is 23.6. The maximum atomic E-state index is 13.4. The number of urea groups is 1. The third-order valence-corrected chi connectivity index (χ3v) is 7.49. The molecule has 0 unspecified atom stereocenters. The largest absolute Gasteiger partial charge is 0.338 e. The molecule has 1 fully saturated rings. The lowest BCUT2D eigenvalue weighted by atomic mass is 9.83. The van der Waals surface area contributed by atoms with E-state index in [1.54, 1.807) is 34.9 Å². The number of likely N-dealkylation sites (tertiary alicyclic amines) is 1. The predicted molar refractivity (Wildman–Crippen MR) is 145 cm³/mol. The van der Waals surface area contributed by atoms with Crippen LogP contribution in [0.4, 0.5) is 16.2 Å². The number of anilines is 2. The Morgan fingerprint density at radius 3 is 2.43 bits per heavy atom. The average Bonchev–Trinajstić information content (AvgIpc) is 2.91. The van der Waals surface area contributed by atoms with Gasteiger partial charge in [-0.25, -0.2) is 4.79 Å². The fourth-order valence-corrected chi connectivity index (χ4v) is 5.66. The second-order valence-electron chi connectivity index (χ2n) is 9.74. The second kappa shape index (κ2) is 9.41. The summed E-state index contributed by atoms with van der Waals surface area (Å²) in [7, 11) is 0. The molecule has 2 aliphatic rings. The number of aromatic nitrogens is 1. The highest BCUT2D eigenvalue weighted by Gasteiger charge is 2.37. The Morgan fingerprint density at radius 2 is 1.62 bits per heavy atom. The Labute approximate surface area is 218 Å². The van der Waals surface area contributed by atoms with E-state index in [9.17, 15) is 14.4 Å². The first kappa shape index (κ1) is 23.3. The fraction of sp³-hybridized carbons (Fsp3) is 0.207. The van der Waals surface area contributed by atoms with Gasteiger partial charge in [0.15, 0.2) is 0 Å². The van der Waals surface area contributed by atoms with Crippen LogP contribution in [0.25, 0.3) is 10.8 Å². The minimum absolute atomic E-state index is 0.0217. The molecule has 2 aliphatic heterocycles. The SMILES string of the molecule is O=C(Nc1ccc(Cl)cc1)Nc1ccc2n(c1=O)C[C@H]1C[C@@H]2CN(C(=O)c2ccc3ccccc3c2)C1. The summed E-state index contributed by atoms with van der Waals surface area (Å²) in [5.74, 6) is 0.265. The number of halogens is 1. The lowest BCUT2D eigenvalue weighted by Crippen LogP contribution is -2.49. The van der Waals surface area contributed by atoms with Crippen molar-refractivity contribution >= 4 is 45.7 Å². The van der Waals surface area contributed by atoms with Crippen LogP contribution in [0.5, 0.6) is 0 Å². The molecule has 1 aromatic heterocycles. The van der Waals surface area contributed by atoms with Gasteiger partial charge in [-0.05, 0) is 71.6 Å². The van der Waals surface area contributed by atoms with Gasteiger partial charge >= 0.3 is 6.03 Å². The van der Waals surface area contributed by atoms with Gasteiger partial charge in [0.1, 0.15) is 5.69 Å². The molecule has 37 heavy (non-hydrogen) atoms. The van der Waals surface area contributed by atoms with E-state index in [1.165, 1.54) is 0 Å². The van der Waals surface area contributed by atoms with Crippen LogP contribution in [0.3, 0.4) is 0 Å². The number of nitrogens with one attached hydrogen (secondary N) is 2. The van der Waals surface area contributed by atoms with Crippen LogP contribution in [0, 0.1) is 5.92 Å². The Balaban J connectivity index is 1.19. The van der Waals surface area contributed by atoms with E-state index in [2.05, 4.69) is 10.6 Å². The molecule has 1 saturated heterocycles. The minimum Gasteiger partial charge on any atom is -0.338 e. The van der Waals surface area contributed by atoms with E-state index in [1.807, 2.05) is 53.4 Å². The smallest absolute Gasteiger partial charge is 0.323 e. The zero-order chi connectivity index (χ0) is 25.5. The van der Waals surface area contributed by atoms with Crippen LogP contribution in [0.2, 0.25) is 5.02 Å². The van der Waals surface area contributed by atoms with E-state index in [0.29, 0.717) is 35.9 Å². The number of pyridine rings is 1. The van der Waals surface area contributed by atoms with Crippen LogP contribution in [-0.4, -0.2) is 34.5 Å². The van der Waals surface area contributed by atoms with Gasteiger partial charge in [0.25, 0.3) is 11.5 Å². The number of hydrogen-bond donors (Lipinski definition) is 2. The minimum atomic E-state index is -0.497. The van der Waals surface area contributed by atoms with Crippen molar-refractivity contribution in [1.29, 1.82) is 0 Å². The molecule has 0 spiro atoms. The number of rotatable bonds is 3. The van der Waals surface area contributed by atoms with Gasteiger partial charge < -0.3 is 20.1 Å². The molecule has 2 atom stereocenters. The van der Waals surface area contributed by atoms with Crippen molar-refractivity contribution in [1.82, 2.24) is 9.47 Å². The summed E-state index contributed by atoms with van der Waals surface area (Å²) in [4.78, 5) is 41.0. The van der Waals surface area contributed by atoms with Crippen LogP contribution in [0.15, 0.2) is 83.7 Å². The maximum Gasteiger partial charge on any atom is 0.323 e. The number of fused-ring (bicyclic) bond motifs is 5. The molecule has 0 saturated carbocycles. The van der Waals surface area contributed by atoms with E-state index in [0.717, 1.165) is 22.9 Å². The van der Waals surface area contributed by atoms with Crippen molar-refractivity contribution in [3.63, 3.8) is 0 Å². The van der Waals surface area contributed by atoms with Crippen LogP contribution in [-0.2, 0) is 6.54 Å². The summed E-state index contributed by atoms with van der Waals surface area (Å²) >= 11 is 5.89. The van der Waals surface area contributed by atoms with Crippen LogP contribution >= 0.6 is 11.6 Å². The molecular formula is C29H25ClN4O3. The normalized spacial score (nSPS) is 18.2. The quantitative estimate of drug-likeness (QED) is 0.377. The Hall–Kier alpha value is -4.10. The van der Waals surface area contributed by atoms with E-state index < -0.39 is 6.03 Å². The van der Waals surface area contributed by atoms with Crippen LogP contribution in [0.1, 0.15) is 28.4 Å². The molecule has 0 aliphatic carbocycles. The first-order chi connectivity index (χ1) is 17.9. The molecule has 3 heterocycles. The predicted octanol–water partition coefficient (Wildman–Crippen LogP) is 5.56. The summed E-state index contributed by atoms with van der Waals surface area (Å²) in [6.45, 7) is 1.68. The van der Waals surface area contributed by atoms with Gasteiger partial charge in [0.2, 0.25) is 0 Å². The summed E-state index contributed by atoms with van der Waals surface area (Å²) < 4.78 is 1.76. The zero-order valence-corrected chi connectivity index (χ0v) is 20.7. The molecule has 3 aromatic carbocycles. The standard InChI is InChI=1S/C29H25ClN4O3/c30-23-7-9-24(10-8-23)31-29(37)32-25-11-12-26-22-13-18(16-34(26)28(25)36)15-33(17-22)27(35)21-6-5-19-3-1-2-4-20(19)14-21/h1-12,14,18,22H,13,15-17H2,(H2,31,32,37)/t18-,22+/m0/s1. The molecule has 8 heteroatoms. The van der Waals surface area contributed by atoms with Crippen LogP contribution < -0.4 is 16.2 Å². The number of amides is 3. The summed E-state index contributed by atoms with van der Waals surface area (Å²) in [6.07, 6.45) is 0.935. The highest BCUT2D eigenvalue weighted by molar-refractivity contribution is 6.30. The Kier molecular flexibility index (Phi) is 5.93. The van der Waals surface area contributed by atoms with Crippen molar-refractivity contribution in [2.75, 3.05) is 23.7 Å². The summed E-state index contributed by atoms with van der Waals surface area (Å²) in [5.41, 5.74) is 2.15. The molecule has 3 amide bonds. The Morgan fingerprint density at radius 1 is 0.838 bits per heavy atom. The molecule has 6 rings (SSSR count). The van der Waals surface area contributed by atoms with Crippen molar-refractivity contribution in [3.05, 3.63) is 105 Å². The maximum absolute atomic E-state index is 13.4. The van der Waals surface area contributed by atoms with Crippen molar-refractivity contribution < 1.29 is 9.59 Å². The lowest BCUT2D eigenvalue weighted by molar-refractivity contribution is 0.0595. The zero-order valence-electron chi connectivity index (χ0n) is 20.0. The summed E-state index contributed by atoms with van der Waals surface area (Å²) in [5, 5.41) is 8.10. The van der Waals surface area contributed by atoms with Crippen molar-refractivity contribution in [2.45, 2.75) is 18.9 Å². The van der Waals surface area contributed by atoms with Gasteiger partial charge in [-0.15, -0.1) is 0 Å². The first-order valence-corrected chi connectivity index (χ1v) is 12.7. The molecule has 2 N–H and O–H groups in total. The number of piperidine rings is 1. The third-order valence-electron chi connectivity index (χ3n) is 7.24. The van der Waals surface area contributed by atoms with E-state index in [4.69, 9.17) is 11.6 Å². The van der Waals surface area contributed by atoms with E-state index in [-0.39, 0.29) is 29.0 Å². The van der Waals surface area contributed by atoms with Gasteiger partial charge in [-0.3, -0.25) is 9.59 Å². The number of nitrogens with zero attached hydrogens (tertiary/aromatic N) is 2. The molecule has 2 bridgehead atoms. The monoisotopic (exact) mass is 512 g/mol. The number of carbonyl (C=O) groups excluding carboxylic acids is 2. The second-order valence-corrected chi connectivity index (χ2v) is 10.2. The number of benzene rings is 3. The van der Waals surface area contributed by atoms with Gasteiger partial charge in [-0.2, -0.15) is 0 Å². The van der Waals surface area contributed by atoms with Gasteiger partial charge in [0.05, 0.1) is 0 Å². The topological polar surface area (TPSA) is 83.4 Å². The lowest BCUT2D eigenvalue weighted by Gasteiger charge is -2.43. The Bertz CT molecular complexity index is 1580. The highest BCUT2D eigenvalue weighted by Crippen LogP contribution is 2.36. The highest BCUT2D eigenvalue weighted by atomic mass is 35.5. The van der Waals surface area contributed by atoms with Crippen molar-refractivity contribution in [2.24, 2.45) is 5.92 Å². The van der Waals surface area contributed by atoms with Gasteiger partial charge in [-0.1, -0.05) is 41.9 Å².